The third kappa shape index (κ3) is 3.13. The van der Waals surface area contributed by atoms with Crippen molar-refractivity contribution in [1.29, 1.82) is 0 Å². The monoisotopic (exact) mass is 335 g/mol. The summed E-state index contributed by atoms with van der Waals surface area (Å²) in [6.45, 7) is 6.45. The third-order valence-corrected chi connectivity index (χ3v) is 4.13. The molecule has 20 heavy (non-hydrogen) atoms. The molecule has 1 aromatic heterocycles. The van der Waals surface area contributed by atoms with Crippen molar-refractivity contribution in [3.05, 3.63) is 52.5 Å². The van der Waals surface area contributed by atoms with Crippen molar-refractivity contribution in [2.75, 3.05) is 0 Å². The van der Waals surface area contributed by atoms with Crippen LogP contribution in [0.25, 0.3) is 0 Å². The first-order valence-electron chi connectivity index (χ1n) is 7.08. The van der Waals surface area contributed by atoms with Gasteiger partial charge in [-0.15, -0.1) is 0 Å². The fourth-order valence-corrected chi connectivity index (χ4v) is 2.77. The van der Waals surface area contributed by atoms with Crippen molar-refractivity contribution in [2.24, 2.45) is 5.73 Å². The van der Waals surface area contributed by atoms with E-state index in [9.17, 15) is 0 Å². The molecule has 2 unspecified atom stereocenters. The molecule has 0 aliphatic heterocycles. The molecule has 0 bridgehead atoms. The lowest BCUT2D eigenvalue weighted by Gasteiger charge is -2.27. The van der Waals surface area contributed by atoms with Crippen LogP contribution in [0.3, 0.4) is 0 Å². The second kappa shape index (κ2) is 6.55. The summed E-state index contributed by atoms with van der Waals surface area (Å²) in [4.78, 5) is 4.49. The molecular weight excluding hydrogens is 314 g/mol. The molecular formula is C16H22BrN3. The molecule has 0 spiro atoms. The number of nitrogens with two attached hydrogens (primary N) is 1. The van der Waals surface area contributed by atoms with Gasteiger partial charge in [0.1, 0.15) is 5.82 Å². The van der Waals surface area contributed by atoms with Crippen LogP contribution in [0.5, 0.6) is 0 Å². The minimum absolute atomic E-state index is 0.0721. The van der Waals surface area contributed by atoms with Crippen molar-refractivity contribution in [3.63, 3.8) is 0 Å². The topological polar surface area (TPSA) is 43.8 Å². The van der Waals surface area contributed by atoms with Crippen LogP contribution in [-0.4, -0.2) is 15.6 Å². The Labute approximate surface area is 129 Å². The lowest BCUT2D eigenvalue weighted by Crippen LogP contribution is -2.33. The van der Waals surface area contributed by atoms with Crippen LogP contribution in [0.15, 0.2) is 41.1 Å². The highest BCUT2D eigenvalue weighted by molar-refractivity contribution is 9.10. The van der Waals surface area contributed by atoms with Gasteiger partial charge in [-0.2, -0.15) is 0 Å². The summed E-state index contributed by atoms with van der Waals surface area (Å²) >= 11 is 3.48. The zero-order valence-electron chi connectivity index (χ0n) is 12.3. The Hall–Kier alpha value is -1.13. The van der Waals surface area contributed by atoms with Crippen molar-refractivity contribution >= 4 is 15.9 Å². The van der Waals surface area contributed by atoms with Gasteiger partial charge in [-0.25, -0.2) is 4.98 Å². The Morgan fingerprint density at radius 2 is 1.90 bits per heavy atom. The average molecular weight is 336 g/mol. The predicted octanol–water partition coefficient (Wildman–Crippen LogP) is 4.10. The van der Waals surface area contributed by atoms with E-state index in [0.717, 1.165) is 16.7 Å². The molecule has 0 aliphatic carbocycles. The van der Waals surface area contributed by atoms with E-state index in [4.69, 9.17) is 5.73 Å². The molecule has 108 valence electrons. The molecule has 0 saturated heterocycles. The highest BCUT2D eigenvalue weighted by Gasteiger charge is 2.23. The first-order chi connectivity index (χ1) is 9.54. The number of imidazole rings is 1. The van der Waals surface area contributed by atoms with Gasteiger partial charge in [-0.05, 0) is 24.1 Å². The summed E-state index contributed by atoms with van der Waals surface area (Å²) in [6.07, 6.45) is 4.83. The van der Waals surface area contributed by atoms with Gasteiger partial charge >= 0.3 is 0 Å². The highest BCUT2D eigenvalue weighted by atomic mass is 79.9. The molecule has 4 heteroatoms. The van der Waals surface area contributed by atoms with E-state index in [1.54, 1.807) is 0 Å². The van der Waals surface area contributed by atoms with Crippen molar-refractivity contribution in [2.45, 2.75) is 45.2 Å². The number of nitrogens with zero attached hydrogens (tertiary/aromatic N) is 2. The smallest absolute Gasteiger partial charge is 0.111 e. The van der Waals surface area contributed by atoms with Crippen LogP contribution >= 0.6 is 15.9 Å². The maximum Gasteiger partial charge on any atom is 0.111 e. The molecule has 2 atom stereocenters. The summed E-state index contributed by atoms with van der Waals surface area (Å²) in [5, 5.41) is 0. The van der Waals surface area contributed by atoms with Crippen molar-refractivity contribution < 1.29 is 0 Å². The first-order valence-corrected chi connectivity index (χ1v) is 7.87. The van der Waals surface area contributed by atoms with Crippen LogP contribution < -0.4 is 5.73 Å². The Morgan fingerprint density at radius 3 is 2.45 bits per heavy atom. The van der Waals surface area contributed by atoms with Crippen LogP contribution in [-0.2, 0) is 0 Å². The molecule has 0 amide bonds. The van der Waals surface area contributed by atoms with Crippen LogP contribution in [0.4, 0.5) is 0 Å². The van der Waals surface area contributed by atoms with E-state index in [0.29, 0.717) is 5.92 Å². The van der Waals surface area contributed by atoms with Gasteiger partial charge in [-0.3, -0.25) is 0 Å². The van der Waals surface area contributed by atoms with Crippen LogP contribution in [0.1, 0.15) is 50.5 Å². The van der Waals surface area contributed by atoms with Gasteiger partial charge in [-0.1, -0.05) is 48.8 Å². The fraction of sp³-hybridized carbons (Fsp3) is 0.438. The van der Waals surface area contributed by atoms with Gasteiger partial charge in [0.05, 0.1) is 6.04 Å². The van der Waals surface area contributed by atoms with Gasteiger partial charge < -0.3 is 10.3 Å². The van der Waals surface area contributed by atoms with Gasteiger partial charge in [0, 0.05) is 28.8 Å². The normalized spacial score (nSPS) is 14.5. The number of aromatic nitrogens is 2. The molecule has 1 heterocycles. The lowest BCUT2D eigenvalue weighted by atomic mass is 9.97. The molecule has 0 saturated carbocycles. The zero-order chi connectivity index (χ0) is 14.7. The molecule has 2 N–H and O–H groups in total. The number of hydrogen-bond donors (Lipinski definition) is 1. The summed E-state index contributed by atoms with van der Waals surface area (Å²) in [5.74, 6) is 1.47. The number of benzene rings is 1. The van der Waals surface area contributed by atoms with E-state index in [1.165, 1.54) is 5.56 Å². The summed E-state index contributed by atoms with van der Waals surface area (Å²) in [5.41, 5.74) is 7.61. The van der Waals surface area contributed by atoms with E-state index < -0.39 is 0 Å². The average Bonchev–Trinajstić information content (AvgIpc) is 2.90. The maximum absolute atomic E-state index is 6.39. The van der Waals surface area contributed by atoms with E-state index in [2.05, 4.69) is 70.5 Å². The largest absolute Gasteiger partial charge is 0.326 e. The fourth-order valence-electron chi connectivity index (χ4n) is 2.50. The SMILES string of the molecule is CCC(N)C(c1ccc(Br)cc1)n1ccnc1C(C)C. The standard InChI is InChI=1S/C16H22BrN3/c1-4-14(18)15(12-5-7-13(17)8-6-12)20-10-9-19-16(20)11(2)3/h5-11,14-15H,4,18H2,1-3H3. The summed E-state index contributed by atoms with van der Waals surface area (Å²) in [6, 6.07) is 8.60. The molecule has 2 aromatic rings. The van der Waals surface area contributed by atoms with E-state index in [-0.39, 0.29) is 12.1 Å². The second-order valence-corrected chi connectivity index (χ2v) is 6.33. The number of halogens is 1. The van der Waals surface area contributed by atoms with Gasteiger partial charge in [0.25, 0.3) is 0 Å². The van der Waals surface area contributed by atoms with E-state index in [1.807, 2.05) is 12.4 Å². The minimum atomic E-state index is 0.0721. The Balaban J connectivity index is 2.47. The highest BCUT2D eigenvalue weighted by Crippen LogP contribution is 2.27. The maximum atomic E-state index is 6.39. The minimum Gasteiger partial charge on any atom is -0.326 e. The second-order valence-electron chi connectivity index (χ2n) is 5.42. The Bertz CT molecular complexity index is 545. The van der Waals surface area contributed by atoms with Gasteiger partial charge in [0.15, 0.2) is 0 Å². The van der Waals surface area contributed by atoms with Crippen molar-refractivity contribution in [1.82, 2.24) is 9.55 Å². The van der Waals surface area contributed by atoms with Crippen molar-refractivity contribution in [3.8, 4) is 0 Å². The summed E-state index contributed by atoms with van der Waals surface area (Å²) in [7, 11) is 0. The quantitative estimate of drug-likeness (QED) is 0.893. The zero-order valence-corrected chi connectivity index (χ0v) is 13.8. The Kier molecular flexibility index (Phi) is 5.00. The first kappa shape index (κ1) is 15.3. The van der Waals surface area contributed by atoms with Gasteiger partial charge in [0.2, 0.25) is 0 Å². The number of hydrogen-bond acceptors (Lipinski definition) is 2. The lowest BCUT2D eigenvalue weighted by molar-refractivity contribution is 0.440. The third-order valence-electron chi connectivity index (χ3n) is 3.60. The number of rotatable bonds is 5. The van der Waals surface area contributed by atoms with Crippen LogP contribution in [0.2, 0.25) is 0 Å². The molecule has 1 aromatic carbocycles. The molecule has 3 nitrogen and oxygen atoms in total. The predicted molar refractivity (Wildman–Crippen MR) is 86.9 cm³/mol. The molecule has 2 rings (SSSR count). The molecule has 0 aliphatic rings. The summed E-state index contributed by atoms with van der Waals surface area (Å²) < 4.78 is 3.31. The molecule has 0 fully saturated rings. The molecule has 0 radical (unpaired) electrons. The van der Waals surface area contributed by atoms with Crippen LogP contribution in [0, 0.1) is 0 Å². The Morgan fingerprint density at radius 1 is 1.25 bits per heavy atom. The van der Waals surface area contributed by atoms with E-state index >= 15 is 0 Å².